The van der Waals surface area contributed by atoms with Gasteiger partial charge in [0.1, 0.15) is 0 Å². The van der Waals surface area contributed by atoms with E-state index < -0.39 is 0 Å². The summed E-state index contributed by atoms with van der Waals surface area (Å²) >= 11 is 5.51. The van der Waals surface area contributed by atoms with Crippen LogP contribution in [0.1, 0.15) is 42.9 Å². The predicted octanol–water partition coefficient (Wildman–Crippen LogP) is 4.07. The molecule has 2 heterocycles. The molecule has 0 atom stereocenters. The molecule has 1 saturated heterocycles. The second-order valence-electron chi connectivity index (χ2n) is 7.49. The number of rotatable bonds is 6. The number of hydrogen-bond donors (Lipinski definition) is 1. The molecular formula is C20H30N4OS. The number of aryl methyl sites for hydroxylation is 2. The minimum atomic E-state index is 0.492. The van der Waals surface area contributed by atoms with Gasteiger partial charge in [-0.3, -0.25) is 10.00 Å². The molecule has 1 N–H and O–H groups in total. The van der Waals surface area contributed by atoms with E-state index in [1.807, 2.05) is 0 Å². The van der Waals surface area contributed by atoms with Gasteiger partial charge in [-0.1, -0.05) is 19.9 Å². The molecule has 0 spiro atoms. The molecule has 1 aromatic heterocycles. The van der Waals surface area contributed by atoms with E-state index in [0.717, 1.165) is 51.6 Å². The van der Waals surface area contributed by atoms with Crippen molar-refractivity contribution in [1.29, 1.82) is 0 Å². The standard InChI is InChI=1S/C20H30N4OS/c1-14(2)17-13-18(16(4)12-15(17)3)19-21-22-20(26)24(19)7-5-6-23-8-10-25-11-9-23/h12-14H,5-11H2,1-4H3,(H,22,26). The van der Waals surface area contributed by atoms with Gasteiger partial charge in [0.25, 0.3) is 0 Å². The highest BCUT2D eigenvalue weighted by Crippen LogP contribution is 2.29. The van der Waals surface area contributed by atoms with E-state index in [2.05, 4.69) is 59.5 Å². The first-order chi connectivity index (χ1) is 12.5. The summed E-state index contributed by atoms with van der Waals surface area (Å²) in [4.78, 5) is 2.46. The van der Waals surface area contributed by atoms with Crippen molar-refractivity contribution >= 4 is 12.2 Å². The highest BCUT2D eigenvalue weighted by Gasteiger charge is 2.16. The molecule has 6 heteroatoms. The summed E-state index contributed by atoms with van der Waals surface area (Å²) in [5.74, 6) is 1.45. The Morgan fingerprint density at radius 1 is 1.15 bits per heavy atom. The summed E-state index contributed by atoms with van der Waals surface area (Å²) in [6.45, 7) is 14.5. The van der Waals surface area contributed by atoms with E-state index in [1.54, 1.807) is 0 Å². The second kappa shape index (κ2) is 8.46. The SMILES string of the molecule is Cc1cc(C)c(C(C)C)cc1-c1n[nH]c(=S)n1CCCN1CCOCC1. The number of ether oxygens (including phenoxy) is 1. The fourth-order valence-electron chi connectivity index (χ4n) is 3.74. The first-order valence-electron chi connectivity index (χ1n) is 9.54. The van der Waals surface area contributed by atoms with Crippen LogP contribution in [-0.2, 0) is 11.3 Å². The third-order valence-corrected chi connectivity index (χ3v) is 5.51. The van der Waals surface area contributed by atoms with Crippen LogP contribution in [0.2, 0.25) is 0 Å². The van der Waals surface area contributed by atoms with Gasteiger partial charge in [-0.15, -0.1) is 0 Å². The fourth-order valence-corrected chi connectivity index (χ4v) is 3.96. The molecule has 0 bridgehead atoms. The van der Waals surface area contributed by atoms with Crippen LogP contribution in [0.25, 0.3) is 11.4 Å². The van der Waals surface area contributed by atoms with E-state index in [1.165, 1.54) is 22.3 Å². The van der Waals surface area contributed by atoms with Crippen LogP contribution >= 0.6 is 12.2 Å². The molecule has 0 amide bonds. The minimum absolute atomic E-state index is 0.492. The number of aromatic amines is 1. The molecule has 0 saturated carbocycles. The lowest BCUT2D eigenvalue weighted by molar-refractivity contribution is 0.0369. The Labute approximate surface area is 161 Å². The van der Waals surface area contributed by atoms with Crippen molar-refractivity contribution in [2.45, 2.75) is 46.6 Å². The van der Waals surface area contributed by atoms with Crippen LogP contribution < -0.4 is 0 Å². The summed E-state index contributed by atoms with van der Waals surface area (Å²) in [5, 5.41) is 7.55. The normalized spacial score (nSPS) is 15.7. The zero-order valence-corrected chi connectivity index (χ0v) is 17.2. The Kier molecular flexibility index (Phi) is 6.27. The summed E-state index contributed by atoms with van der Waals surface area (Å²) in [5.41, 5.74) is 5.14. The average Bonchev–Trinajstić information content (AvgIpc) is 2.96. The molecule has 3 rings (SSSR count). The number of H-pyrrole nitrogens is 1. The van der Waals surface area contributed by atoms with Gasteiger partial charge in [0.15, 0.2) is 10.6 Å². The highest BCUT2D eigenvalue weighted by molar-refractivity contribution is 7.71. The monoisotopic (exact) mass is 374 g/mol. The van der Waals surface area contributed by atoms with Gasteiger partial charge in [-0.2, -0.15) is 5.10 Å². The molecule has 0 radical (unpaired) electrons. The van der Waals surface area contributed by atoms with Crippen molar-refractivity contribution in [3.05, 3.63) is 33.6 Å². The first-order valence-corrected chi connectivity index (χ1v) is 9.95. The van der Waals surface area contributed by atoms with Crippen LogP contribution in [0.5, 0.6) is 0 Å². The van der Waals surface area contributed by atoms with Crippen LogP contribution in [0.15, 0.2) is 12.1 Å². The number of morpholine rings is 1. The first kappa shape index (κ1) is 19.3. The van der Waals surface area contributed by atoms with Crippen molar-refractivity contribution in [2.75, 3.05) is 32.8 Å². The zero-order chi connectivity index (χ0) is 18.7. The largest absolute Gasteiger partial charge is 0.379 e. The highest BCUT2D eigenvalue weighted by atomic mass is 32.1. The minimum Gasteiger partial charge on any atom is -0.379 e. The molecular weight excluding hydrogens is 344 g/mol. The molecule has 1 aliphatic rings. The van der Waals surface area contributed by atoms with Crippen LogP contribution in [0.3, 0.4) is 0 Å². The maximum atomic E-state index is 5.51. The third-order valence-electron chi connectivity index (χ3n) is 5.19. The number of nitrogens with one attached hydrogen (secondary N) is 1. The van der Waals surface area contributed by atoms with Crippen molar-refractivity contribution in [1.82, 2.24) is 19.7 Å². The Hall–Kier alpha value is -1.50. The molecule has 2 aromatic rings. The van der Waals surface area contributed by atoms with Crippen molar-refractivity contribution in [3.8, 4) is 11.4 Å². The summed E-state index contributed by atoms with van der Waals surface area (Å²) in [6.07, 6.45) is 1.06. The molecule has 0 unspecified atom stereocenters. The summed E-state index contributed by atoms with van der Waals surface area (Å²) in [6, 6.07) is 4.55. The molecule has 1 fully saturated rings. The van der Waals surface area contributed by atoms with Crippen molar-refractivity contribution in [3.63, 3.8) is 0 Å². The summed E-state index contributed by atoms with van der Waals surface area (Å²) in [7, 11) is 0. The molecule has 26 heavy (non-hydrogen) atoms. The fraction of sp³-hybridized carbons (Fsp3) is 0.600. The molecule has 0 aliphatic carbocycles. The topological polar surface area (TPSA) is 46.1 Å². The maximum Gasteiger partial charge on any atom is 0.195 e. The summed E-state index contributed by atoms with van der Waals surface area (Å²) < 4.78 is 8.27. The second-order valence-corrected chi connectivity index (χ2v) is 7.88. The Morgan fingerprint density at radius 3 is 2.58 bits per heavy atom. The van der Waals surface area contributed by atoms with Gasteiger partial charge in [0.2, 0.25) is 0 Å². The van der Waals surface area contributed by atoms with E-state index >= 15 is 0 Å². The van der Waals surface area contributed by atoms with E-state index in [-0.39, 0.29) is 0 Å². The van der Waals surface area contributed by atoms with E-state index in [4.69, 9.17) is 17.0 Å². The van der Waals surface area contributed by atoms with Crippen LogP contribution in [0, 0.1) is 18.6 Å². The third kappa shape index (κ3) is 4.24. The molecule has 142 valence electrons. The van der Waals surface area contributed by atoms with Crippen LogP contribution in [0.4, 0.5) is 0 Å². The van der Waals surface area contributed by atoms with Gasteiger partial charge in [-0.05, 0) is 61.2 Å². The molecule has 1 aromatic carbocycles. The number of benzene rings is 1. The Bertz CT molecular complexity index is 803. The molecule has 1 aliphatic heterocycles. The van der Waals surface area contributed by atoms with Crippen molar-refractivity contribution in [2.24, 2.45) is 0 Å². The predicted molar refractivity (Wildman–Crippen MR) is 108 cm³/mol. The van der Waals surface area contributed by atoms with Gasteiger partial charge in [0.05, 0.1) is 13.2 Å². The van der Waals surface area contributed by atoms with Crippen LogP contribution in [-0.4, -0.2) is 52.5 Å². The Morgan fingerprint density at radius 2 is 1.88 bits per heavy atom. The van der Waals surface area contributed by atoms with E-state index in [0.29, 0.717) is 10.7 Å². The lowest BCUT2D eigenvalue weighted by atomic mass is 9.93. The van der Waals surface area contributed by atoms with Gasteiger partial charge in [-0.25, -0.2) is 0 Å². The van der Waals surface area contributed by atoms with Gasteiger partial charge in [0, 0.05) is 31.7 Å². The van der Waals surface area contributed by atoms with Gasteiger partial charge >= 0.3 is 0 Å². The maximum absolute atomic E-state index is 5.51. The Balaban J connectivity index is 1.81. The average molecular weight is 375 g/mol. The number of hydrogen-bond acceptors (Lipinski definition) is 4. The van der Waals surface area contributed by atoms with Crippen molar-refractivity contribution < 1.29 is 4.74 Å². The van der Waals surface area contributed by atoms with Gasteiger partial charge < -0.3 is 9.30 Å². The molecule has 5 nitrogen and oxygen atoms in total. The quantitative estimate of drug-likeness (QED) is 0.774. The number of nitrogens with zero attached hydrogens (tertiary/aromatic N) is 3. The lowest BCUT2D eigenvalue weighted by Gasteiger charge is -2.26. The van der Waals surface area contributed by atoms with E-state index in [9.17, 15) is 0 Å². The lowest BCUT2D eigenvalue weighted by Crippen LogP contribution is -2.37. The number of aromatic nitrogens is 3. The zero-order valence-electron chi connectivity index (χ0n) is 16.3. The smallest absolute Gasteiger partial charge is 0.195 e.